The van der Waals surface area contributed by atoms with Crippen molar-refractivity contribution in [2.45, 2.75) is 195 Å². The second-order valence-corrected chi connectivity index (χ2v) is 18.3. The first-order chi connectivity index (χ1) is 27.7. The Morgan fingerprint density at radius 3 is 1.19 bits per heavy atom. The molecule has 0 unspecified atom stereocenters. The van der Waals surface area contributed by atoms with Gasteiger partial charge in [-0.15, -0.1) is 0 Å². The van der Waals surface area contributed by atoms with Gasteiger partial charge in [0, 0.05) is 57.7 Å². The molecule has 0 saturated carbocycles. The second kappa shape index (κ2) is 44.8. The molecule has 2 aliphatic rings. The standard InChI is InChI=1S/C24H49N2O2.C20H40N2O2.C4H9Br.BrH/c1-4-6-8-9-10-11-12-13-14-15-23-28-24(27)16-17-25-18-21-26(3,22-19-25)20-7-5-2;1-3-4-5-6-7-8-9-10-11-12-19-24-20(23)13-14-22-17-15-21(2)16-18-22;1-2-3-4-5;/h4-23H2,1-3H3;3-19H2,1-2H3;2-4H2,1H3;1H/q+1;;;/p-1. The monoisotopic (exact) mass is 953 g/mol. The van der Waals surface area contributed by atoms with Crippen LogP contribution in [0.5, 0.6) is 0 Å². The smallest absolute Gasteiger partial charge is 0.307 e. The number of hydrogen-bond donors (Lipinski definition) is 0. The van der Waals surface area contributed by atoms with Gasteiger partial charge in [-0.3, -0.25) is 14.5 Å². The van der Waals surface area contributed by atoms with Gasteiger partial charge in [0.25, 0.3) is 0 Å². The van der Waals surface area contributed by atoms with Gasteiger partial charge < -0.3 is 40.7 Å². The quantitative estimate of drug-likeness (QED) is 0.0283. The third kappa shape index (κ3) is 39.9. The van der Waals surface area contributed by atoms with Gasteiger partial charge in [0.1, 0.15) is 0 Å². The van der Waals surface area contributed by atoms with E-state index >= 15 is 0 Å². The third-order valence-corrected chi connectivity index (χ3v) is 12.4. The first-order valence-electron chi connectivity index (χ1n) is 24.6. The van der Waals surface area contributed by atoms with Crippen molar-refractivity contribution in [2.75, 3.05) is 105 Å². The van der Waals surface area contributed by atoms with Gasteiger partial charge in [-0.25, -0.2) is 0 Å². The largest absolute Gasteiger partial charge is 1.00 e. The number of unbranched alkanes of at least 4 members (excludes halogenated alkanes) is 20. The highest BCUT2D eigenvalue weighted by atomic mass is 79.9. The molecule has 0 bridgehead atoms. The van der Waals surface area contributed by atoms with Crippen molar-refractivity contribution in [3.63, 3.8) is 0 Å². The number of rotatable bonds is 33. The van der Waals surface area contributed by atoms with Crippen LogP contribution in [0.25, 0.3) is 0 Å². The Morgan fingerprint density at radius 2 is 0.845 bits per heavy atom. The summed E-state index contributed by atoms with van der Waals surface area (Å²) in [6, 6.07) is 0. The summed E-state index contributed by atoms with van der Waals surface area (Å²) in [5.41, 5.74) is 0. The molecule has 2 fully saturated rings. The summed E-state index contributed by atoms with van der Waals surface area (Å²) in [5, 5.41) is 1.16. The van der Waals surface area contributed by atoms with Gasteiger partial charge in [0.15, 0.2) is 0 Å². The Bertz CT molecular complexity index is 869. The number of esters is 2. The van der Waals surface area contributed by atoms with E-state index in [-0.39, 0.29) is 28.9 Å². The van der Waals surface area contributed by atoms with Crippen LogP contribution < -0.4 is 17.0 Å². The van der Waals surface area contributed by atoms with E-state index < -0.39 is 0 Å². The molecule has 0 aromatic rings. The van der Waals surface area contributed by atoms with Crippen molar-refractivity contribution in [1.82, 2.24) is 14.7 Å². The molecular weight excluding hydrogens is 856 g/mol. The molecule has 58 heavy (non-hydrogen) atoms. The summed E-state index contributed by atoms with van der Waals surface area (Å²) in [4.78, 5) is 30.8. The lowest BCUT2D eigenvalue weighted by Crippen LogP contribution is -3.00. The highest BCUT2D eigenvalue weighted by Gasteiger charge is 2.28. The molecule has 2 saturated heterocycles. The van der Waals surface area contributed by atoms with Crippen LogP contribution in [0.15, 0.2) is 0 Å². The van der Waals surface area contributed by atoms with Crippen LogP contribution in [0, 0.1) is 0 Å². The fourth-order valence-electron chi connectivity index (χ4n) is 7.38. The normalized spacial score (nSPS) is 15.7. The number of piperazine rings is 2. The molecule has 0 amide bonds. The average Bonchev–Trinajstić information content (AvgIpc) is 3.21. The molecule has 0 aliphatic carbocycles. The number of quaternary nitrogens is 1. The van der Waals surface area contributed by atoms with Crippen LogP contribution in [0.1, 0.15) is 195 Å². The zero-order valence-corrected chi connectivity index (χ0v) is 42.6. The van der Waals surface area contributed by atoms with Crippen molar-refractivity contribution < 1.29 is 40.5 Å². The molecule has 0 N–H and O–H groups in total. The van der Waals surface area contributed by atoms with Gasteiger partial charge in [-0.2, -0.15) is 0 Å². The second-order valence-electron chi connectivity index (χ2n) is 17.5. The maximum atomic E-state index is 12.0. The Hall–Kier alpha value is -0.260. The SMILES string of the molecule is CCCCBr.CCCCCCCCCCCCOC(=O)CCN1CCN(C)CC1.CCCCCCCCCCCCOC(=O)CCN1CC[N+](C)(CCCC)CC1.[Br-]. The van der Waals surface area contributed by atoms with Crippen molar-refractivity contribution in [3.8, 4) is 0 Å². The van der Waals surface area contributed by atoms with Gasteiger partial charge in [-0.05, 0) is 32.7 Å². The minimum absolute atomic E-state index is 0. The number of nitrogens with zero attached hydrogens (tertiary/aromatic N) is 4. The van der Waals surface area contributed by atoms with Crippen molar-refractivity contribution in [3.05, 3.63) is 0 Å². The zero-order valence-electron chi connectivity index (χ0n) is 39.5. The predicted molar refractivity (Wildman–Crippen MR) is 250 cm³/mol. The van der Waals surface area contributed by atoms with Gasteiger partial charge in [0.05, 0.1) is 52.7 Å². The molecule has 0 atom stereocenters. The van der Waals surface area contributed by atoms with Gasteiger partial charge in [-0.1, -0.05) is 172 Å². The summed E-state index contributed by atoms with van der Waals surface area (Å²) in [7, 11) is 4.53. The molecule has 2 aliphatic heterocycles. The lowest BCUT2D eigenvalue weighted by Gasteiger charge is -2.42. The van der Waals surface area contributed by atoms with Gasteiger partial charge in [0.2, 0.25) is 0 Å². The van der Waals surface area contributed by atoms with E-state index in [0.717, 1.165) is 70.5 Å². The summed E-state index contributed by atoms with van der Waals surface area (Å²) in [6.07, 6.45) is 32.6. The van der Waals surface area contributed by atoms with E-state index in [9.17, 15) is 9.59 Å². The molecule has 0 radical (unpaired) electrons. The minimum Gasteiger partial charge on any atom is -1.00 e. The molecule has 8 nitrogen and oxygen atoms in total. The summed E-state index contributed by atoms with van der Waals surface area (Å²) >= 11 is 3.31. The van der Waals surface area contributed by atoms with E-state index in [2.05, 4.69) is 72.4 Å². The van der Waals surface area contributed by atoms with E-state index in [1.54, 1.807) is 0 Å². The lowest BCUT2D eigenvalue weighted by atomic mass is 10.1. The van der Waals surface area contributed by atoms with E-state index in [0.29, 0.717) is 26.1 Å². The molecule has 0 aromatic heterocycles. The van der Waals surface area contributed by atoms with Crippen LogP contribution in [-0.4, -0.2) is 136 Å². The average molecular weight is 955 g/mol. The molecule has 2 heterocycles. The number of carbonyl (C=O) groups excluding carboxylic acids is 2. The zero-order chi connectivity index (χ0) is 42.1. The maximum Gasteiger partial charge on any atom is 0.307 e. The van der Waals surface area contributed by atoms with Crippen LogP contribution in [0.4, 0.5) is 0 Å². The summed E-state index contributed by atoms with van der Waals surface area (Å²) < 4.78 is 12.0. The molecule has 348 valence electrons. The molecular formula is C48H98Br2N4O4. The summed E-state index contributed by atoms with van der Waals surface area (Å²) in [6.45, 7) is 22.2. The fraction of sp³-hybridized carbons (Fsp3) is 0.958. The lowest BCUT2D eigenvalue weighted by molar-refractivity contribution is -0.913. The molecule has 2 rings (SSSR count). The Morgan fingerprint density at radius 1 is 0.500 bits per heavy atom. The number of ether oxygens (including phenoxy) is 2. The number of carbonyl (C=O) groups is 2. The Labute approximate surface area is 380 Å². The highest BCUT2D eigenvalue weighted by molar-refractivity contribution is 9.09. The Kier molecular flexibility index (Phi) is 46.2. The third-order valence-electron chi connectivity index (χ3n) is 11.8. The van der Waals surface area contributed by atoms with Crippen LogP contribution in [0.2, 0.25) is 0 Å². The van der Waals surface area contributed by atoms with E-state index in [1.165, 1.54) is 165 Å². The number of alkyl halides is 1. The van der Waals surface area contributed by atoms with E-state index in [1.807, 2.05) is 0 Å². The van der Waals surface area contributed by atoms with Crippen molar-refractivity contribution in [1.29, 1.82) is 0 Å². The number of hydrogen-bond acceptors (Lipinski definition) is 7. The predicted octanol–water partition coefficient (Wildman–Crippen LogP) is 8.68. The van der Waals surface area contributed by atoms with Crippen molar-refractivity contribution >= 4 is 27.9 Å². The molecule has 0 spiro atoms. The number of halogens is 2. The van der Waals surface area contributed by atoms with Crippen LogP contribution in [0.3, 0.4) is 0 Å². The Balaban J connectivity index is 0. The number of likely N-dealkylation sites (N-methyl/N-ethyl adjacent to an activating group) is 2. The molecule has 0 aromatic carbocycles. The molecule has 10 heteroatoms. The fourth-order valence-corrected chi connectivity index (χ4v) is 7.94. The highest BCUT2D eigenvalue weighted by Crippen LogP contribution is 2.14. The van der Waals surface area contributed by atoms with Crippen LogP contribution >= 0.6 is 15.9 Å². The van der Waals surface area contributed by atoms with Crippen molar-refractivity contribution in [2.24, 2.45) is 0 Å². The van der Waals surface area contributed by atoms with E-state index in [4.69, 9.17) is 9.47 Å². The maximum absolute atomic E-state index is 12.0. The minimum atomic E-state index is -0.0233. The summed E-state index contributed by atoms with van der Waals surface area (Å²) in [5.74, 6) is -0.0328. The van der Waals surface area contributed by atoms with Crippen LogP contribution in [-0.2, 0) is 19.1 Å². The first-order valence-corrected chi connectivity index (χ1v) is 25.7. The van der Waals surface area contributed by atoms with Gasteiger partial charge >= 0.3 is 11.9 Å². The first kappa shape index (κ1) is 59.8. The topological polar surface area (TPSA) is 62.3 Å².